The van der Waals surface area contributed by atoms with Crippen LogP contribution in [0.5, 0.6) is 0 Å². The predicted octanol–water partition coefficient (Wildman–Crippen LogP) is 3.20. The third-order valence-electron chi connectivity index (χ3n) is 4.61. The van der Waals surface area contributed by atoms with Gasteiger partial charge in [-0.3, -0.25) is 9.20 Å². The fraction of sp³-hybridized carbons (Fsp3) is 0.100. The van der Waals surface area contributed by atoms with Crippen LogP contribution in [0.3, 0.4) is 0 Å². The molecule has 0 spiro atoms. The Bertz CT molecular complexity index is 1370. The molecule has 6 heteroatoms. The predicted molar refractivity (Wildman–Crippen MR) is 101 cm³/mol. The standard InChI is InChI=1S/C20H15N5O/c1-12-18(26)17-19-22-15-10-6-7-11-16(15)24(19)13(2)21-20(17)25(23-12)14-8-4-3-5-9-14/h3-11H,1-2H3. The third kappa shape index (κ3) is 1.92. The lowest BCUT2D eigenvalue weighted by Crippen LogP contribution is -2.18. The van der Waals surface area contributed by atoms with Gasteiger partial charge < -0.3 is 0 Å². The molecule has 0 radical (unpaired) electrons. The highest BCUT2D eigenvalue weighted by Gasteiger charge is 2.18. The van der Waals surface area contributed by atoms with E-state index >= 15 is 0 Å². The van der Waals surface area contributed by atoms with Gasteiger partial charge >= 0.3 is 0 Å². The Labute approximate surface area is 148 Å². The number of fused-ring (bicyclic) bond motifs is 5. The van der Waals surface area contributed by atoms with E-state index in [0.717, 1.165) is 22.5 Å². The second-order valence-electron chi connectivity index (χ2n) is 6.28. The van der Waals surface area contributed by atoms with Crippen LogP contribution in [0.4, 0.5) is 0 Å². The third-order valence-corrected chi connectivity index (χ3v) is 4.61. The summed E-state index contributed by atoms with van der Waals surface area (Å²) in [5.74, 6) is 0.760. The molecule has 0 N–H and O–H groups in total. The topological polar surface area (TPSA) is 65.1 Å². The summed E-state index contributed by atoms with van der Waals surface area (Å²) in [6, 6.07) is 17.5. The maximum atomic E-state index is 12.9. The summed E-state index contributed by atoms with van der Waals surface area (Å²) in [5.41, 5.74) is 4.05. The van der Waals surface area contributed by atoms with Crippen molar-refractivity contribution in [1.82, 2.24) is 24.1 Å². The van der Waals surface area contributed by atoms with E-state index in [9.17, 15) is 4.79 Å². The number of para-hydroxylation sites is 3. The van der Waals surface area contributed by atoms with Gasteiger partial charge in [0.2, 0.25) is 5.43 Å². The Kier molecular flexibility index (Phi) is 2.97. The van der Waals surface area contributed by atoms with Crippen molar-refractivity contribution in [3.8, 4) is 5.69 Å². The van der Waals surface area contributed by atoms with Crippen molar-refractivity contribution in [3.05, 3.63) is 76.3 Å². The molecule has 0 atom stereocenters. The van der Waals surface area contributed by atoms with Crippen LogP contribution in [0.25, 0.3) is 33.4 Å². The van der Waals surface area contributed by atoms with Gasteiger partial charge in [0, 0.05) is 0 Å². The molecule has 0 aliphatic carbocycles. The molecule has 0 saturated carbocycles. The molecule has 5 aromatic rings. The van der Waals surface area contributed by atoms with Crippen molar-refractivity contribution >= 4 is 27.7 Å². The zero-order valence-corrected chi connectivity index (χ0v) is 14.3. The van der Waals surface area contributed by atoms with Crippen molar-refractivity contribution in [1.29, 1.82) is 0 Å². The summed E-state index contributed by atoms with van der Waals surface area (Å²) in [4.78, 5) is 22.4. The molecule has 0 saturated heterocycles. The summed E-state index contributed by atoms with van der Waals surface area (Å²) < 4.78 is 3.66. The van der Waals surface area contributed by atoms with E-state index in [2.05, 4.69) is 5.10 Å². The summed E-state index contributed by atoms with van der Waals surface area (Å²) >= 11 is 0. The molecule has 0 bridgehead atoms. The van der Waals surface area contributed by atoms with Crippen molar-refractivity contribution in [2.24, 2.45) is 0 Å². The fourth-order valence-corrected chi connectivity index (χ4v) is 3.41. The Morgan fingerprint density at radius 2 is 1.58 bits per heavy atom. The molecule has 6 nitrogen and oxygen atoms in total. The van der Waals surface area contributed by atoms with Gasteiger partial charge in [0.15, 0.2) is 11.3 Å². The van der Waals surface area contributed by atoms with Gasteiger partial charge in [0.25, 0.3) is 0 Å². The van der Waals surface area contributed by atoms with Crippen LogP contribution in [0, 0.1) is 13.8 Å². The first-order chi connectivity index (χ1) is 12.6. The van der Waals surface area contributed by atoms with Crippen LogP contribution in [-0.4, -0.2) is 24.1 Å². The number of nitrogens with zero attached hydrogens (tertiary/aromatic N) is 5. The fourth-order valence-electron chi connectivity index (χ4n) is 3.41. The van der Waals surface area contributed by atoms with Crippen LogP contribution < -0.4 is 5.43 Å². The lowest BCUT2D eigenvalue weighted by Gasteiger charge is -2.12. The lowest BCUT2D eigenvalue weighted by atomic mass is 10.2. The smallest absolute Gasteiger partial charge is 0.216 e. The van der Waals surface area contributed by atoms with Gasteiger partial charge in [0.05, 0.1) is 16.7 Å². The first-order valence-corrected chi connectivity index (χ1v) is 8.38. The van der Waals surface area contributed by atoms with E-state index in [1.165, 1.54) is 0 Å². The highest BCUT2D eigenvalue weighted by Crippen LogP contribution is 2.23. The largest absolute Gasteiger partial charge is 0.287 e. The Morgan fingerprint density at radius 3 is 2.38 bits per heavy atom. The molecule has 126 valence electrons. The van der Waals surface area contributed by atoms with Crippen molar-refractivity contribution in [3.63, 3.8) is 0 Å². The SMILES string of the molecule is Cc1nn(-c2ccccc2)c2nc(C)n3c4ccccc4nc3c2c1=O. The second kappa shape index (κ2) is 5.23. The monoisotopic (exact) mass is 341 g/mol. The van der Waals surface area contributed by atoms with Gasteiger partial charge in [-0.2, -0.15) is 5.10 Å². The average molecular weight is 341 g/mol. The van der Waals surface area contributed by atoms with Crippen LogP contribution >= 0.6 is 0 Å². The first-order valence-electron chi connectivity index (χ1n) is 8.38. The Balaban J connectivity index is 2.06. The molecule has 3 aromatic heterocycles. The van der Waals surface area contributed by atoms with E-state index in [-0.39, 0.29) is 5.43 Å². The van der Waals surface area contributed by atoms with Gasteiger partial charge in [-0.15, -0.1) is 0 Å². The highest BCUT2D eigenvalue weighted by atomic mass is 16.1. The zero-order chi connectivity index (χ0) is 17.8. The van der Waals surface area contributed by atoms with Crippen molar-refractivity contribution in [2.75, 3.05) is 0 Å². The van der Waals surface area contributed by atoms with Crippen LogP contribution in [0.2, 0.25) is 0 Å². The van der Waals surface area contributed by atoms with Crippen LogP contribution in [0.1, 0.15) is 11.5 Å². The Morgan fingerprint density at radius 1 is 0.846 bits per heavy atom. The van der Waals surface area contributed by atoms with E-state index in [0.29, 0.717) is 22.4 Å². The lowest BCUT2D eigenvalue weighted by molar-refractivity contribution is 0.827. The molecule has 2 aromatic carbocycles. The van der Waals surface area contributed by atoms with Gasteiger partial charge in [-0.05, 0) is 38.1 Å². The summed E-state index contributed by atoms with van der Waals surface area (Å²) in [7, 11) is 0. The van der Waals surface area contributed by atoms with Gasteiger partial charge in [0.1, 0.15) is 16.9 Å². The summed E-state index contributed by atoms with van der Waals surface area (Å²) in [6.07, 6.45) is 0. The highest BCUT2D eigenvalue weighted by molar-refractivity contribution is 5.95. The molecule has 0 aliphatic rings. The number of aromatic nitrogens is 5. The first kappa shape index (κ1) is 14.8. The van der Waals surface area contributed by atoms with E-state index in [1.54, 1.807) is 11.6 Å². The number of imidazole rings is 1. The molecule has 0 amide bonds. The normalized spacial score (nSPS) is 11.6. The quantitative estimate of drug-likeness (QED) is 0.470. The molecular weight excluding hydrogens is 326 g/mol. The molecule has 0 unspecified atom stereocenters. The number of hydrogen-bond acceptors (Lipinski definition) is 4. The second-order valence-corrected chi connectivity index (χ2v) is 6.28. The summed E-state index contributed by atoms with van der Waals surface area (Å²) in [5, 5.41) is 4.97. The summed E-state index contributed by atoms with van der Waals surface area (Å²) in [6.45, 7) is 3.64. The van der Waals surface area contributed by atoms with Gasteiger partial charge in [-0.25, -0.2) is 14.6 Å². The van der Waals surface area contributed by atoms with Crippen molar-refractivity contribution < 1.29 is 0 Å². The number of hydrogen-bond donors (Lipinski definition) is 0. The maximum absolute atomic E-state index is 12.9. The number of benzene rings is 2. The van der Waals surface area contributed by atoms with E-state index in [4.69, 9.17) is 9.97 Å². The minimum atomic E-state index is -0.139. The number of rotatable bonds is 1. The van der Waals surface area contributed by atoms with Crippen molar-refractivity contribution in [2.45, 2.75) is 13.8 Å². The van der Waals surface area contributed by atoms with Crippen LogP contribution in [-0.2, 0) is 0 Å². The average Bonchev–Trinajstić information content (AvgIpc) is 3.05. The van der Waals surface area contributed by atoms with E-state index in [1.807, 2.05) is 65.9 Å². The molecule has 5 rings (SSSR count). The molecule has 0 aliphatic heterocycles. The van der Waals surface area contributed by atoms with Crippen LogP contribution in [0.15, 0.2) is 59.4 Å². The molecule has 26 heavy (non-hydrogen) atoms. The molecule has 3 heterocycles. The maximum Gasteiger partial charge on any atom is 0.216 e. The van der Waals surface area contributed by atoms with Gasteiger partial charge in [-0.1, -0.05) is 30.3 Å². The minimum Gasteiger partial charge on any atom is -0.287 e. The Hall–Kier alpha value is -3.54. The molecule has 0 fully saturated rings. The zero-order valence-electron chi connectivity index (χ0n) is 14.3. The number of aryl methyl sites for hydroxylation is 2. The van der Waals surface area contributed by atoms with E-state index < -0.39 is 0 Å². The molecular formula is C20H15N5O. The minimum absolute atomic E-state index is 0.139.